The van der Waals surface area contributed by atoms with E-state index in [1.165, 1.54) is 16.8 Å². The van der Waals surface area contributed by atoms with Gasteiger partial charge in [0.05, 0.1) is 11.4 Å². The second kappa shape index (κ2) is 5.36. The second-order valence-corrected chi connectivity index (χ2v) is 4.69. The van der Waals surface area contributed by atoms with E-state index >= 15 is 0 Å². The van der Waals surface area contributed by atoms with Crippen LogP contribution in [0.3, 0.4) is 0 Å². The van der Waals surface area contributed by atoms with Crippen molar-refractivity contribution in [2.45, 2.75) is 20.3 Å². The highest BCUT2D eigenvalue weighted by molar-refractivity contribution is 5.66. The molecular weight excluding hydrogens is 222 g/mol. The number of hydrogen-bond donors (Lipinski definition) is 1. The normalized spacial score (nSPS) is 10.9. The molecule has 96 valence electrons. The van der Waals surface area contributed by atoms with Gasteiger partial charge >= 0.3 is 0 Å². The average Bonchev–Trinajstić information content (AvgIpc) is 2.63. The lowest BCUT2D eigenvalue weighted by atomic mass is 10.0. The van der Waals surface area contributed by atoms with Gasteiger partial charge < -0.3 is 9.88 Å². The summed E-state index contributed by atoms with van der Waals surface area (Å²) in [6.07, 6.45) is 0.958. The van der Waals surface area contributed by atoms with Gasteiger partial charge in [0.25, 0.3) is 0 Å². The van der Waals surface area contributed by atoms with Gasteiger partial charge in [-0.25, -0.2) is 4.98 Å². The van der Waals surface area contributed by atoms with Crippen molar-refractivity contribution in [1.29, 1.82) is 0 Å². The summed E-state index contributed by atoms with van der Waals surface area (Å²) in [5.74, 6) is 1.14. The third kappa shape index (κ3) is 2.31. The van der Waals surface area contributed by atoms with Crippen LogP contribution in [0.1, 0.15) is 17.1 Å². The molecule has 2 aromatic rings. The molecular formula is C15H21N3. The molecule has 18 heavy (non-hydrogen) atoms. The zero-order valence-corrected chi connectivity index (χ0v) is 11.6. The van der Waals surface area contributed by atoms with Crippen LogP contribution in [0.25, 0.3) is 11.3 Å². The van der Waals surface area contributed by atoms with E-state index in [0.29, 0.717) is 0 Å². The van der Waals surface area contributed by atoms with Crippen LogP contribution in [0.15, 0.2) is 24.3 Å². The van der Waals surface area contributed by atoms with Gasteiger partial charge in [0.1, 0.15) is 5.82 Å². The Labute approximate surface area is 109 Å². The first-order chi connectivity index (χ1) is 8.65. The zero-order valence-electron chi connectivity index (χ0n) is 11.6. The number of hydrogen-bond acceptors (Lipinski definition) is 2. The Morgan fingerprint density at radius 3 is 2.61 bits per heavy atom. The molecule has 2 rings (SSSR count). The number of likely N-dealkylation sites (N-methyl/N-ethyl adjacent to an activating group) is 1. The first-order valence-electron chi connectivity index (χ1n) is 6.38. The number of rotatable bonds is 4. The predicted octanol–water partition coefficient (Wildman–Crippen LogP) is 2.47. The van der Waals surface area contributed by atoms with Crippen molar-refractivity contribution >= 4 is 0 Å². The van der Waals surface area contributed by atoms with E-state index in [4.69, 9.17) is 0 Å². The van der Waals surface area contributed by atoms with Gasteiger partial charge in [-0.1, -0.05) is 24.3 Å². The molecule has 0 aliphatic heterocycles. The topological polar surface area (TPSA) is 29.9 Å². The molecule has 3 heteroatoms. The lowest BCUT2D eigenvalue weighted by molar-refractivity contribution is 0.719. The maximum atomic E-state index is 4.69. The molecule has 0 atom stereocenters. The van der Waals surface area contributed by atoms with Crippen LogP contribution in [0.5, 0.6) is 0 Å². The van der Waals surface area contributed by atoms with E-state index in [9.17, 15) is 0 Å². The van der Waals surface area contributed by atoms with Crippen molar-refractivity contribution in [3.05, 3.63) is 41.3 Å². The molecule has 0 fully saturated rings. The molecule has 0 spiro atoms. The van der Waals surface area contributed by atoms with Crippen molar-refractivity contribution in [2.24, 2.45) is 7.05 Å². The molecule has 0 saturated carbocycles. The molecule has 1 aromatic carbocycles. The fourth-order valence-electron chi connectivity index (χ4n) is 2.37. The molecule has 0 bridgehead atoms. The van der Waals surface area contributed by atoms with Gasteiger partial charge in [-0.3, -0.25) is 0 Å². The lowest BCUT2D eigenvalue weighted by Crippen LogP contribution is -2.13. The van der Waals surface area contributed by atoms with Gasteiger partial charge in [-0.05, 0) is 26.5 Å². The van der Waals surface area contributed by atoms with Gasteiger partial charge in [0.2, 0.25) is 0 Å². The highest BCUT2D eigenvalue weighted by atomic mass is 15.1. The SMILES string of the molecule is CNCCc1nc(C)c(-c2ccccc2C)n1C. The molecule has 3 nitrogen and oxygen atoms in total. The molecule has 0 unspecified atom stereocenters. The van der Waals surface area contributed by atoms with Crippen LogP contribution >= 0.6 is 0 Å². The van der Waals surface area contributed by atoms with Crippen molar-refractivity contribution in [3.8, 4) is 11.3 Å². The Morgan fingerprint density at radius 2 is 1.94 bits per heavy atom. The molecule has 1 aromatic heterocycles. The predicted molar refractivity (Wildman–Crippen MR) is 75.7 cm³/mol. The standard InChI is InChI=1S/C15H21N3/c1-11-7-5-6-8-13(11)15-12(2)17-14(18(15)4)9-10-16-3/h5-8,16H,9-10H2,1-4H3. The first kappa shape index (κ1) is 12.8. The molecule has 0 aliphatic rings. The highest BCUT2D eigenvalue weighted by Gasteiger charge is 2.14. The fourth-order valence-corrected chi connectivity index (χ4v) is 2.37. The maximum absolute atomic E-state index is 4.69. The summed E-state index contributed by atoms with van der Waals surface area (Å²) in [5, 5.41) is 3.17. The molecule has 1 N–H and O–H groups in total. The van der Waals surface area contributed by atoms with E-state index in [2.05, 4.69) is 60.0 Å². The molecule has 0 radical (unpaired) electrons. The molecule has 0 amide bonds. The fraction of sp³-hybridized carbons (Fsp3) is 0.400. The third-order valence-electron chi connectivity index (χ3n) is 3.36. The summed E-state index contributed by atoms with van der Waals surface area (Å²) in [4.78, 5) is 4.69. The van der Waals surface area contributed by atoms with Crippen molar-refractivity contribution in [3.63, 3.8) is 0 Å². The number of benzene rings is 1. The van der Waals surface area contributed by atoms with E-state index in [1.54, 1.807) is 0 Å². The Kier molecular flexibility index (Phi) is 3.82. The summed E-state index contributed by atoms with van der Waals surface area (Å²) in [7, 11) is 4.07. The Bertz CT molecular complexity index is 541. The number of aryl methyl sites for hydroxylation is 2. The number of aromatic nitrogens is 2. The summed E-state index contributed by atoms with van der Waals surface area (Å²) in [6.45, 7) is 5.19. The largest absolute Gasteiger partial charge is 0.331 e. The van der Waals surface area contributed by atoms with Gasteiger partial charge in [-0.15, -0.1) is 0 Å². The van der Waals surface area contributed by atoms with Crippen LogP contribution in [0.2, 0.25) is 0 Å². The summed E-state index contributed by atoms with van der Waals surface area (Å²) < 4.78 is 2.22. The van der Waals surface area contributed by atoms with Crippen LogP contribution in [0, 0.1) is 13.8 Å². The number of nitrogens with one attached hydrogen (secondary N) is 1. The summed E-state index contributed by atoms with van der Waals surface area (Å²) >= 11 is 0. The maximum Gasteiger partial charge on any atom is 0.110 e. The zero-order chi connectivity index (χ0) is 13.1. The minimum absolute atomic E-state index is 0.956. The minimum Gasteiger partial charge on any atom is -0.331 e. The quantitative estimate of drug-likeness (QED) is 0.894. The van der Waals surface area contributed by atoms with E-state index in [-0.39, 0.29) is 0 Å². The second-order valence-electron chi connectivity index (χ2n) is 4.69. The van der Waals surface area contributed by atoms with Gasteiger partial charge in [0.15, 0.2) is 0 Å². The van der Waals surface area contributed by atoms with Crippen LogP contribution in [-0.2, 0) is 13.5 Å². The Hall–Kier alpha value is -1.61. The molecule has 1 heterocycles. The number of imidazole rings is 1. The Morgan fingerprint density at radius 1 is 1.22 bits per heavy atom. The Balaban J connectivity index is 2.46. The number of nitrogens with zero attached hydrogens (tertiary/aromatic N) is 2. The molecule has 0 aliphatic carbocycles. The highest BCUT2D eigenvalue weighted by Crippen LogP contribution is 2.26. The van der Waals surface area contributed by atoms with Gasteiger partial charge in [-0.2, -0.15) is 0 Å². The molecule has 0 saturated heterocycles. The smallest absolute Gasteiger partial charge is 0.110 e. The van der Waals surface area contributed by atoms with Crippen molar-refractivity contribution in [1.82, 2.24) is 14.9 Å². The van der Waals surface area contributed by atoms with E-state index in [0.717, 1.165) is 24.5 Å². The van der Waals surface area contributed by atoms with Crippen LogP contribution in [-0.4, -0.2) is 23.1 Å². The summed E-state index contributed by atoms with van der Waals surface area (Å²) in [5.41, 5.74) is 4.92. The van der Waals surface area contributed by atoms with E-state index < -0.39 is 0 Å². The summed E-state index contributed by atoms with van der Waals surface area (Å²) in [6, 6.07) is 8.48. The van der Waals surface area contributed by atoms with Crippen LogP contribution < -0.4 is 5.32 Å². The van der Waals surface area contributed by atoms with Crippen molar-refractivity contribution < 1.29 is 0 Å². The third-order valence-corrected chi connectivity index (χ3v) is 3.36. The minimum atomic E-state index is 0.956. The monoisotopic (exact) mass is 243 g/mol. The van der Waals surface area contributed by atoms with Crippen LogP contribution in [0.4, 0.5) is 0 Å². The lowest BCUT2D eigenvalue weighted by Gasteiger charge is -2.09. The first-order valence-corrected chi connectivity index (χ1v) is 6.38. The average molecular weight is 243 g/mol. The van der Waals surface area contributed by atoms with E-state index in [1.807, 2.05) is 7.05 Å². The van der Waals surface area contributed by atoms with Gasteiger partial charge in [0, 0.05) is 25.6 Å². The van der Waals surface area contributed by atoms with Crippen molar-refractivity contribution in [2.75, 3.05) is 13.6 Å².